The fraction of sp³-hybridized carbons (Fsp3) is 0.625. The standard InChI is InChI=1S/C16H23ClN4O2/c1-20-6-7-23-13(11-20)10-18-16(22)12-8-14(17)19-15(9-12)21-4-2-3-5-21/h8-9,13H,2-7,10-11H2,1H3,(H,18,22). The Morgan fingerprint density at radius 3 is 2.91 bits per heavy atom. The van der Waals surface area contributed by atoms with Crippen molar-refractivity contribution in [3.63, 3.8) is 0 Å². The second-order valence-corrected chi connectivity index (χ2v) is 6.58. The van der Waals surface area contributed by atoms with Crippen LogP contribution in [0.2, 0.25) is 5.15 Å². The smallest absolute Gasteiger partial charge is 0.251 e. The first-order chi connectivity index (χ1) is 11.1. The molecular formula is C16H23ClN4O2. The third-order valence-electron chi connectivity index (χ3n) is 4.30. The van der Waals surface area contributed by atoms with Crippen LogP contribution in [0.5, 0.6) is 0 Å². The molecule has 0 saturated carbocycles. The molecule has 1 N–H and O–H groups in total. The number of hydrogen-bond acceptors (Lipinski definition) is 5. The molecule has 0 aromatic carbocycles. The van der Waals surface area contributed by atoms with Gasteiger partial charge in [0.2, 0.25) is 0 Å². The molecule has 2 aliphatic heterocycles. The fourth-order valence-electron chi connectivity index (χ4n) is 3.02. The fourth-order valence-corrected chi connectivity index (χ4v) is 3.23. The minimum absolute atomic E-state index is 0.0352. The molecule has 1 atom stereocenters. The van der Waals surface area contributed by atoms with Crippen molar-refractivity contribution in [1.29, 1.82) is 0 Å². The van der Waals surface area contributed by atoms with Gasteiger partial charge in [0.25, 0.3) is 5.91 Å². The van der Waals surface area contributed by atoms with Crippen LogP contribution >= 0.6 is 11.6 Å². The van der Waals surface area contributed by atoms with Crippen molar-refractivity contribution in [3.8, 4) is 0 Å². The lowest BCUT2D eigenvalue weighted by molar-refractivity contribution is -0.0175. The van der Waals surface area contributed by atoms with E-state index >= 15 is 0 Å². The van der Waals surface area contributed by atoms with E-state index in [1.807, 2.05) is 6.07 Å². The topological polar surface area (TPSA) is 57.7 Å². The maximum atomic E-state index is 12.4. The Hall–Kier alpha value is -1.37. The summed E-state index contributed by atoms with van der Waals surface area (Å²) in [5, 5.41) is 3.29. The lowest BCUT2D eigenvalue weighted by Gasteiger charge is -2.30. The molecule has 7 heteroatoms. The van der Waals surface area contributed by atoms with Gasteiger partial charge < -0.3 is 19.9 Å². The maximum Gasteiger partial charge on any atom is 0.251 e. The molecule has 2 saturated heterocycles. The van der Waals surface area contributed by atoms with Crippen LogP contribution in [-0.2, 0) is 4.74 Å². The Kier molecular flexibility index (Phi) is 5.35. The monoisotopic (exact) mass is 338 g/mol. The highest BCUT2D eigenvalue weighted by molar-refractivity contribution is 6.29. The number of morpholine rings is 1. The predicted molar refractivity (Wildman–Crippen MR) is 90.3 cm³/mol. The molecule has 23 heavy (non-hydrogen) atoms. The molecule has 126 valence electrons. The van der Waals surface area contributed by atoms with Crippen molar-refractivity contribution in [3.05, 3.63) is 22.8 Å². The van der Waals surface area contributed by atoms with E-state index in [4.69, 9.17) is 16.3 Å². The number of carbonyl (C=O) groups excluding carboxylic acids is 1. The summed E-state index contributed by atoms with van der Waals surface area (Å²) >= 11 is 6.09. The number of amides is 1. The minimum Gasteiger partial charge on any atom is -0.374 e. The van der Waals surface area contributed by atoms with Gasteiger partial charge >= 0.3 is 0 Å². The molecule has 0 aliphatic carbocycles. The minimum atomic E-state index is -0.133. The Morgan fingerprint density at radius 1 is 1.39 bits per heavy atom. The third kappa shape index (κ3) is 4.34. The van der Waals surface area contributed by atoms with Crippen molar-refractivity contribution in [2.24, 2.45) is 0 Å². The molecule has 1 amide bonds. The van der Waals surface area contributed by atoms with Crippen LogP contribution in [0.15, 0.2) is 12.1 Å². The van der Waals surface area contributed by atoms with E-state index in [0.29, 0.717) is 23.9 Å². The molecule has 1 aromatic heterocycles. The Bertz CT molecular complexity index is 563. The third-order valence-corrected chi connectivity index (χ3v) is 4.50. The Morgan fingerprint density at radius 2 is 2.17 bits per heavy atom. The first kappa shape index (κ1) is 16.5. The first-order valence-corrected chi connectivity index (χ1v) is 8.50. The normalized spacial score (nSPS) is 22.3. The summed E-state index contributed by atoms with van der Waals surface area (Å²) in [7, 11) is 2.06. The average Bonchev–Trinajstić information content (AvgIpc) is 3.06. The van der Waals surface area contributed by atoms with Gasteiger partial charge in [-0.2, -0.15) is 0 Å². The number of hydrogen-bond donors (Lipinski definition) is 1. The van der Waals surface area contributed by atoms with Crippen molar-refractivity contribution >= 4 is 23.3 Å². The quantitative estimate of drug-likeness (QED) is 0.841. The van der Waals surface area contributed by atoms with E-state index in [2.05, 4.69) is 27.1 Å². The van der Waals surface area contributed by atoms with E-state index in [-0.39, 0.29) is 12.0 Å². The highest BCUT2D eigenvalue weighted by atomic mass is 35.5. The molecule has 0 spiro atoms. The van der Waals surface area contributed by atoms with Gasteiger partial charge in [-0.1, -0.05) is 11.6 Å². The lowest BCUT2D eigenvalue weighted by Crippen LogP contribution is -2.45. The van der Waals surface area contributed by atoms with Gasteiger partial charge in [0.05, 0.1) is 12.7 Å². The molecule has 6 nitrogen and oxygen atoms in total. The molecule has 2 fully saturated rings. The number of carbonyl (C=O) groups is 1. The van der Waals surface area contributed by atoms with Crippen LogP contribution in [0.4, 0.5) is 5.82 Å². The summed E-state index contributed by atoms with van der Waals surface area (Å²) in [4.78, 5) is 21.1. The molecule has 0 radical (unpaired) electrons. The zero-order chi connectivity index (χ0) is 16.2. The number of nitrogens with one attached hydrogen (secondary N) is 1. The second-order valence-electron chi connectivity index (χ2n) is 6.20. The van der Waals surface area contributed by atoms with Crippen LogP contribution in [-0.4, -0.2) is 68.3 Å². The Labute approximate surface area is 141 Å². The van der Waals surface area contributed by atoms with E-state index in [0.717, 1.165) is 44.8 Å². The van der Waals surface area contributed by atoms with Gasteiger partial charge in [-0.3, -0.25) is 4.79 Å². The van der Waals surface area contributed by atoms with Gasteiger partial charge in [-0.05, 0) is 32.0 Å². The Balaban J connectivity index is 1.62. The number of anilines is 1. The summed E-state index contributed by atoms with van der Waals surface area (Å²) in [5.41, 5.74) is 0.552. The molecule has 0 bridgehead atoms. The summed E-state index contributed by atoms with van der Waals surface area (Å²) < 4.78 is 5.66. The maximum absolute atomic E-state index is 12.4. The van der Waals surface area contributed by atoms with Crippen LogP contribution in [0.25, 0.3) is 0 Å². The van der Waals surface area contributed by atoms with Gasteiger partial charge in [-0.15, -0.1) is 0 Å². The second kappa shape index (κ2) is 7.47. The summed E-state index contributed by atoms with van der Waals surface area (Å²) in [6, 6.07) is 3.44. The van der Waals surface area contributed by atoms with Crippen molar-refractivity contribution in [2.75, 3.05) is 51.3 Å². The largest absolute Gasteiger partial charge is 0.374 e. The van der Waals surface area contributed by atoms with Crippen LogP contribution < -0.4 is 10.2 Å². The van der Waals surface area contributed by atoms with Gasteiger partial charge in [0, 0.05) is 38.3 Å². The number of pyridine rings is 1. The zero-order valence-electron chi connectivity index (χ0n) is 13.4. The highest BCUT2D eigenvalue weighted by Gasteiger charge is 2.20. The first-order valence-electron chi connectivity index (χ1n) is 8.13. The molecule has 3 rings (SSSR count). The number of halogens is 1. The number of rotatable bonds is 4. The summed E-state index contributed by atoms with van der Waals surface area (Å²) in [6.45, 7) is 4.91. The van der Waals surface area contributed by atoms with Crippen LogP contribution in [0.3, 0.4) is 0 Å². The van der Waals surface area contributed by atoms with Gasteiger partial charge in [-0.25, -0.2) is 4.98 Å². The van der Waals surface area contributed by atoms with E-state index in [1.165, 1.54) is 0 Å². The van der Waals surface area contributed by atoms with Gasteiger partial charge in [0.15, 0.2) is 0 Å². The van der Waals surface area contributed by atoms with Crippen molar-refractivity contribution < 1.29 is 9.53 Å². The van der Waals surface area contributed by atoms with Crippen molar-refractivity contribution in [1.82, 2.24) is 15.2 Å². The molecule has 1 aromatic rings. The number of nitrogens with zero attached hydrogens (tertiary/aromatic N) is 3. The number of aromatic nitrogens is 1. The van der Waals surface area contributed by atoms with Gasteiger partial charge in [0.1, 0.15) is 11.0 Å². The van der Waals surface area contributed by atoms with E-state index < -0.39 is 0 Å². The summed E-state index contributed by atoms with van der Waals surface area (Å²) in [6.07, 6.45) is 2.35. The van der Waals surface area contributed by atoms with E-state index in [1.54, 1.807) is 6.07 Å². The molecule has 1 unspecified atom stereocenters. The summed E-state index contributed by atoms with van der Waals surface area (Å²) in [5.74, 6) is 0.653. The number of likely N-dealkylation sites (N-methyl/N-ethyl adjacent to an activating group) is 1. The lowest BCUT2D eigenvalue weighted by atomic mass is 10.2. The zero-order valence-corrected chi connectivity index (χ0v) is 14.2. The average molecular weight is 339 g/mol. The predicted octanol–water partition coefficient (Wildman–Crippen LogP) is 1.40. The molecule has 3 heterocycles. The molecular weight excluding hydrogens is 316 g/mol. The van der Waals surface area contributed by atoms with Crippen molar-refractivity contribution in [2.45, 2.75) is 18.9 Å². The SMILES string of the molecule is CN1CCOC(CNC(=O)c2cc(Cl)nc(N3CCCC3)c2)C1. The van der Waals surface area contributed by atoms with Crippen LogP contribution in [0, 0.1) is 0 Å². The van der Waals surface area contributed by atoms with Crippen LogP contribution in [0.1, 0.15) is 23.2 Å². The number of ether oxygens (including phenoxy) is 1. The highest BCUT2D eigenvalue weighted by Crippen LogP contribution is 2.22. The van der Waals surface area contributed by atoms with E-state index in [9.17, 15) is 4.79 Å². The molecule has 2 aliphatic rings.